The van der Waals surface area contributed by atoms with E-state index in [2.05, 4.69) is 10.6 Å². The molecule has 0 saturated carbocycles. The monoisotopic (exact) mass is 464 g/mol. The second kappa shape index (κ2) is 10.6. The molecule has 1 aromatic rings. The highest BCUT2D eigenvalue weighted by Gasteiger charge is 2.33. The minimum absolute atomic E-state index is 0.287. The molecule has 33 heavy (non-hydrogen) atoms. The Balaban J connectivity index is 3.45. The molecule has 182 valence electrons. The first kappa shape index (κ1) is 27.8. The van der Waals surface area contributed by atoms with Crippen LogP contribution in [0.2, 0.25) is 0 Å². The van der Waals surface area contributed by atoms with Gasteiger partial charge in [-0.05, 0) is 38.8 Å². The number of carboxylic acid groups (broad SMARTS) is 3. The van der Waals surface area contributed by atoms with Crippen molar-refractivity contribution in [2.75, 3.05) is 6.54 Å². The largest absolute Gasteiger partial charge is 0.480 e. The van der Waals surface area contributed by atoms with Crippen molar-refractivity contribution >= 4 is 29.6 Å². The van der Waals surface area contributed by atoms with Crippen LogP contribution in [0.25, 0.3) is 0 Å². The molecule has 1 aromatic carbocycles. The molecule has 10 nitrogen and oxygen atoms in total. The summed E-state index contributed by atoms with van der Waals surface area (Å²) < 4.78 is 0. The quantitative estimate of drug-likeness (QED) is 0.292. The van der Waals surface area contributed by atoms with Crippen LogP contribution in [-0.4, -0.2) is 63.0 Å². The van der Waals surface area contributed by atoms with Crippen LogP contribution in [0.4, 0.5) is 0 Å². The predicted octanol–water partition coefficient (Wildman–Crippen LogP) is 2.66. The van der Waals surface area contributed by atoms with Crippen LogP contribution >= 0.6 is 0 Å². The normalized spacial score (nSPS) is 12.7. The molecule has 5 N–H and O–H groups in total. The zero-order chi connectivity index (χ0) is 25.7. The molecule has 1 atom stereocenters. The molecule has 1 rings (SSSR count). The number of benzene rings is 1. The second-order valence-electron chi connectivity index (χ2n) is 9.10. The number of hydrogen-bond donors (Lipinski definition) is 5. The molecule has 1 unspecified atom stereocenters. The van der Waals surface area contributed by atoms with Crippen molar-refractivity contribution in [1.29, 1.82) is 0 Å². The van der Waals surface area contributed by atoms with Gasteiger partial charge in [-0.25, -0.2) is 9.59 Å². The summed E-state index contributed by atoms with van der Waals surface area (Å²) >= 11 is 0. The first-order chi connectivity index (χ1) is 15.1. The van der Waals surface area contributed by atoms with Crippen molar-refractivity contribution in [3.8, 4) is 0 Å². The Morgan fingerprint density at radius 3 is 1.73 bits per heavy atom. The average molecular weight is 465 g/mol. The fourth-order valence-electron chi connectivity index (χ4n) is 2.92. The highest BCUT2D eigenvalue weighted by atomic mass is 16.4. The van der Waals surface area contributed by atoms with Crippen LogP contribution in [0.5, 0.6) is 0 Å². The van der Waals surface area contributed by atoms with Crippen molar-refractivity contribution in [2.24, 2.45) is 5.41 Å². The number of hydrogen-bond acceptors (Lipinski definition) is 6. The Morgan fingerprint density at radius 2 is 1.30 bits per heavy atom. The molecule has 0 heterocycles. The van der Waals surface area contributed by atoms with Crippen molar-refractivity contribution in [2.45, 2.75) is 66.0 Å². The molecular formula is C23H32N2O8. The van der Waals surface area contributed by atoms with Gasteiger partial charge in [-0.2, -0.15) is 0 Å². The molecule has 10 heteroatoms. The number of carboxylic acids is 3. The van der Waals surface area contributed by atoms with Crippen LogP contribution in [-0.2, 0) is 4.79 Å². The van der Waals surface area contributed by atoms with E-state index in [0.29, 0.717) is 12.8 Å². The summed E-state index contributed by atoms with van der Waals surface area (Å²) in [5.41, 5.74) is -3.33. The van der Waals surface area contributed by atoms with Gasteiger partial charge in [-0.3, -0.25) is 19.7 Å². The van der Waals surface area contributed by atoms with Gasteiger partial charge in [0.25, 0.3) is 5.91 Å². The Kier molecular flexibility index (Phi) is 8.89. The Labute approximate surface area is 192 Å². The molecule has 0 aromatic heterocycles. The van der Waals surface area contributed by atoms with E-state index in [0.717, 1.165) is 12.1 Å². The summed E-state index contributed by atoms with van der Waals surface area (Å²) in [4.78, 5) is 60.9. The van der Waals surface area contributed by atoms with Gasteiger partial charge in [0.1, 0.15) is 6.04 Å². The van der Waals surface area contributed by atoms with Crippen LogP contribution < -0.4 is 10.6 Å². The van der Waals surface area contributed by atoms with E-state index in [-0.39, 0.29) is 12.1 Å². The molecule has 0 bridgehead atoms. The fourth-order valence-corrected chi connectivity index (χ4v) is 2.92. The number of carbonyl (C=O) groups excluding carboxylic acids is 2. The SMILES string of the molecule is CCC(C)(C)NC(CNC(=O)c1cc(C(=O)C(C)(C)CC)c(C(=O)O)cc1C(=O)O)C(=O)O. The molecule has 0 aliphatic heterocycles. The lowest BCUT2D eigenvalue weighted by molar-refractivity contribution is -0.139. The number of ketones is 1. The van der Waals surface area contributed by atoms with E-state index in [1.54, 1.807) is 34.6 Å². The zero-order valence-electron chi connectivity index (χ0n) is 19.7. The molecular weight excluding hydrogens is 432 g/mol. The number of Topliss-reactive ketones (excluding diaryl/α,β-unsaturated/α-hetero) is 1. The Hall–Kier alpha value is -3.27. The first-order valence-electron chi connectivity index (χ1n) is 10.6. The van der Waals surface area contributed by atoms with Crippen molar-refractivity contribution < 1.29 is 39.3 Å². The maximum absolute atomic E-state index is 13.0. The second-order valence-corrected chi connectivity index (χ2v) is 9.10. The topological polar surface area (TPSA) is 170 Å². The molecule has 0 aliphatic carbocycles. The van der Waals surface area contributed by atoms with Gasteiger partial charge < -0.3 is 20.6 Å². The van der Waals surface area contributed by atoms with Gasteiger partial charge in [0, 0.05) is 23.1 Å². The van der Waals surface area contributed by atoms with Crippen molar-refractivity contribution in [3.63, 3.8) is 0 Å². The van der Waals surface area contributed by atoms with Gasteiger partial charge >= 0.3 is 17.9 Å². The number of aliphatic carboxylic acids is 1. The maximum atomic E-state index is 13.0. The molecule has 1 amide bonds. The van der Waals surface area contributed by atoms with Crippen LogP contribution in [0, 0.1) is 5.41 Å². The molecule has 0 fully saturated rings. The lowest BCUT2D eigenvalue weighted by Gasteiger charge is -2.29. The minimum atomic E-state index is -1.56. The van der Waals surface area contributed by atoms with Crippen LogP contribution in [0.1, 0.15) is 95.8 Å². The van der Waals surface area contributed by atoms with Gasteiger partial charge in [0.15, 0.2) is 5.78 Å². The highest BCUT2D eigenvalue weighted by molar-refractivity contribution is 6.13. The number of amides is 1. The van der Waals surface area contributed by atoms with Crippen molar-refractivity contribution in [1.82, 2.24) is 10.6 Å². The highest BCUT2D eigenvalue weighted by Crippen LogP contribution is 2.29. The fraction of sp³-hybridized carbons (Fsp3) is 0.522. The number of aromatic carboxylic acids is 2. The van der Waals surface area contributed by atoms with Gasteiger partial charge in [-0.1, -0.05) is 27.7 Å². The average Bonchev–Trinajstić information content (AvgIpc) is 2.74. The first-order valence-corrected chi connectivity index (χ1v) is 10.6. The summed E-state index contributed by atoms with van der Waals surface area (Å²) in [5, 5.41) is 33.8. The summed E-state index contributed by atoms with van der Waals surface area (Å²) in [6, 6.07) is 0.586. The van der Waals surface area contributed by atoms with Crippen LogP contribution in [0.15, 0.2) is 12.1 Å². The van der Waals surface area contributed by atoms with Crippen molar-refractivity contribution in [3.05, 3.63) is 34.4 Å². The maximum Gasteiger partial charge on any atom is 0.336 e. The third-order valence-electron chi connectivity index (χ3n) is 5.82. The number of nitrogens with one attached hydrogen (secondary N) is 2. The Bertz CT molecular complexity index is 965. The van der Waals surface area contributed by atoms with E-state index < -0.39 is 63.3 Å². The smallest absolute Gasteiger partial charge is 0.336 e. The molecule has 0 saturated heterocycles. The van der Waals surface area contributed by atoms with E-state index in [4.69, 9.17) is 0 Å². The minimum Gasteiger partial charge on any atom is -0.480 e. The van der Waals surface area contributed by atoms with Gasteiger partial charge in [0.2, 0.25) is 0 Å². The standard InChI is InChI=1S/C23H32N2O8/c1-7-22(3,4)17(26)12-9-13(15(20(30)31)10-14(12)19(28)29)18(27)24-11-16(21(32)33)25-23(5,6)8-2/h9-10,16,25H,7-8,11H2,1-6H3,(H,24,27)(H,28,29)(H,30,31)(H,32,33). The Morgan fingerprint density at radius 1 is 0.818 bits per heavy atom. The third kappa shape index (κ3) is 6.85. The van der Waals surface area contributed by atoms with Gasteiger partial charge in [-0.15, -0.1) is 0 Å². The van der Waals surface area contributed by atoms with E-state index in [9.17, 15) is 39.3 Å². The van der Waals surface area contributed by atoms with Crippen LogP contribution in [0.3, 0.4) is 0 Å². The summed E-state index contributed by atoms with van der Waals surface area (Å²) in [6.07, 6.45) is 0.996. The number of rotatable bonds is 12. The number of carbonyl (C=O) groups is 5. The van der Waals surface area contributed by atoms with E-state index in [1.807, 2.05) is 6.92 Å². The van der Waals surface area contributed by atoms with E-state index in [1.165, 1.54) is 0 Å². The lowest BCUT2D eigenvalue weighted by Crippen LogP contribution is -2.54. The molecule has 0 radical (unpaired) electrons. The zero-order valence-corrected chi connectivity index (χ0v) is 19.7. The third-order valence-corrected chi connectivity index (χ3v) is 5.82. The summed E-state index contributed by atoms with van der Waals surface area (Å²) in [6.45, 7) is 10.1. The summed E-state index contributed by atoms with van der Waals surface area (Å²) in [5.74, 6) is -5.76. The summed E-state index contributed by atoms with van der Waals surface area (Å²) in [7, 11) is 0. The van der Waals surface area contributed by atoms with E-state index >= 15 is 0 Å². The van der Waals surface area contributed by atoms with Gasteiger partial charge in [0.05, 0.1) is 16.7 Å². The molecule has 0 aliphatic rings. The molecule has 0 spiro atoms. The lowest BCUT2D eigenvalue weighted by atomic mass is 9.79. The predicted molar refractivity (Wildman–Crippen MR) is 120 cm³/mol.